The van der Waals surface area contributed by atoms with Gasteiger partial charge < -0.3 is 0 Å². The molecule has 0 saturated heterocycles. The van der Waals surface area contributed by atoms with Crippen LogP contribution in [0.15, 0.2) is 11.1 Å². The summed E-state index contributed by atoms with van der Waals surface area (Å²) in [4.78, 5) is 0.280. The van der Waals surface area contributed by atoms with E-state index in [2.05, 4.69) is 9.82 Å². The Bertz CT molecular complexity index is 537. The molecule has 0 radical (unpaired) electrons. The zero-order chi connectivity index (χ0) is 15.0. The van der Waals surface area contributed by atoms with Crippen molar-refractivity contribution in [2.45, 2.75) is 70.9 Å². The van der Waals surface area contributed by atoms with Gasteiger partial charge in [0.1, 0.15) is 4.90 Å². The van der Waals surface area contributed by atoms with Crippen LogP contribution in [0.1, 0.15) is 60.2 Å². The van der Waals surface area contributed by atoms with Crippen LogP contribution in [-0.2, 0) is 15.4 Å². The number of nitrogens with one attached hydrogen (secondary N) is 1. The van der Waals surface area contributed by atoms with Gasteiger partial charge in [-0.15, -0.1) is 0 Å². The molecule has 0 spiro atoms. The van der Waals surface area contributed by atoms with Crippen molar-refractivity contribution in [3.05, 3.63) is 11.9 Å². The Morgan fingerprint density at radius 2 is 1.74 bits per heavy atom. The summed E-state index contributed by atoms with van der Waals surface area (Å²) < 4.78 is 29.1. The molecule has 19 heavy (non-hydrogen) atoms. The maximum atomic E-state index is 12.4. The first kappa shape index (κ1) is 16.2. The number of sulfonamides is 1. The van der Waals surface area contributed by atoms with Crippen molar-refractivity contribution in [1.29, 1.82) is 0 Å². The van der Waals surface area contributed by atoms with Gasteiger partial charge in [0, 0.05) is 23.7 Å². The molecule has 0 aliphatic heterocycles. The molecule has 110 valence electrons. The lowest BCUT2D eigenvalue weighted by molar-refractivity contribution is 0.493. The van der Waals surface area contributed by atoms with E-state index >= 15 is 0 Å². The minimum Gasteiger partial charge on any atom is -0.269 e. The van der Waals surface area contributed by atoms with Crippen LogP contribution in [0.2, 0.25) is 0 Å². The molecule has 0 unspecified atom stereocenters. The van der Waals surface area contributed by atoms with Crippen LogP contribution < -0.4 is 4.72 Å². The van der Waals surface area contributed by atoms with Crippen LogP contribution >= 0.6 is 0 Å². The first-order valence-electron chi connectivity index (χ1n) is 6.57. The van der Waals surface area contributed by atoms with Crippen LogP contribution in [-0.4, -0.2) is 24.2 Å². The van der Waals surface area contributed by atoms with Gasteiger partial charge in [-0.3, -0.25) is 4.68 Å². The topological polar surface area (TPSA) is 64.0 Å². The van der Waals surface area contributed by atoms with Gasteiger partial charge >= 0.3 is 0 Å². The van der Waals surface area contributed by atoms with E-state index < -0.39 is 10.0 Å². The summed E-state index contributed by atoms with van der Waals surface area (Å²) in [6.07, 6.45) is 1.62. The van der Waals surface area contributed by atoms with Crippen molar-refractivity contribution in [2.75, 3.05) is 0 Å². The van der Waals surface area contributed by atoms with Gasteiger partial charge in [-0.2, -0.15) is 5.10 Å². The summed E-state index contributed by atoms with van der Waals surface area (Å²) in [5, 5.41) is 4.45. The first-order chi connectivity index (χ1) is 8.45. The van der Waals surface area contributed by atoms with Crippen molar-refractivity contribution in [2.24, 2.45) is 0 Å². The normalized spacial score (nSPS) is 13.5. The molecule has 6 heteroatoms. The first-order valence-corrected chi connectivity index (χ1v) is 8.05. The highest BCUT2D eigenvalue weighted by Crippen LogP contribution is 2.28. The fraction of sp³-hybridized carbons (Fsp3) is 0.769. The van der Waals surface area contributed by atoms with Gasteiger partial charge in [0.15, 0.2) is 0 Å². The largest absolute Gasteiger partial charge is 0.269 e. The molecule has 0 saturated carbocycles. The Hall–Kier alpha value is -0.880. The van der Waals surface area contributed by atoms with E-state index in [1.165, 1.54) is 0 Å². The number of aromatic nitrogens is 2. The van der Waals surface area contributed by atoms with E-state index in [0.717, 1.165) is 0 Å². The highest BCUT2D eigenvalue weighted by Gasteiger charge is 2.30. The van der Waals surface area contributed by atoms with Gasteiger partial charge in [0.25, 0.3) is 0 Å². The maximum absolute atomic E-state index is 12.4. The fourth-order valence-corrected chi connectivity index (χ4v) is 3.33. The Morgan fingerprint density at radius 1 is 1.21 bits per heavy atom. The second-order valence-electron chi connectivity index (χ2n) is 6.44. The molecule has 1 rings (SSSR count). The van der Waals surface area contributed by atoms with E-state index in [4.69, 9.17) is 0 Å². The van der Waals surface area contributed by atoms with Crippen LogP contribution in [0, 0.1) is 0 Å². The Labute approximate surface area is 116 Å². The van der Waals surface area contributed by atoms with Crippen LogP contribution in [0.3, 0.4) is 0 Å². The van der Waals surface area contributed by atoms with Crippen molar-refractivity contribution >= 4 is 10.0 Å². The zero-order valence-corrected chi connectivity index (χ0v) is 13.7. The molecular weight excluding hydrogens is 262 g/mol. The number of hydrogen-bond donors (Lipinski definition) is 1. The monoisotopic (exact) mass is 287 g/mol. The van der Waals surface area contributed by atoms with Gasteiger partial charge in [-0.1, -0.05) is 20.8 Å². The highest BCUT2D eigenvalue weighted by atomic mass is 32.2. The number of rotatable bonds is 4. The second-order valence-corrected chi connectivity index (χ2v) is 8.12. The summed E-state index contributed by atoms with van der Waals surface area (Å²) in [7, 11) is -3.52. The Morgan fingerprint density at radius 3 is 2.11 bits per heavy atom. The average molecular weight is 287 g/mol. The molecule has 1 aromatic heterocycles. The quantitative estimate of drug-likeness (QED) is 0.925. The molecule has 0 bridgehead atoms. The van der Waals surface area contributed by atoms with E-state index in [1.54, 1.807) is 24.7 Å². The maximum Gasteiger partial charge on any atom is 0.244 e. The standard InChI is InChI=1S/C13H25N3O2S/c1-9(2)15-19(17,18)11-8-16(10(3)4)14-12(11)13(5,6)7/h8-10,15H,1-7H3. The molecule has 1 aromatic rings. The van der Waals surface area contributed by atoms with Crippen LogP contribution in [0.5, 0.6) is 0 Å². The molecular formula is C13H25N3O2S. The van der Waals surface area contributed by atoms with E-state index in [0.29, 0.717) is 5.69 Å². The number of hydrogen-bond acceptors (Lipinski definition) is 3. The van der Waals surface area contributed by atoms with E-state index in [9.17, 15) is 8.42 Å². The second kappa shape index (κ2) is 5.25. The predicted molar refractivity (Wildman–Crippen MR) is 76.8 cm³/mol. The van der Waals surface area contributed by atoms with E-state index in [1.807, 2.05) is 34.6 Å². The molecule has 0 fully saturated rings. The van der Waals surface area contributed by atoms with Crippen molar-refractivity contribution < 1.29 is 8.42 Å². The highest BCUT2D eigenvalue weighted by molar-refractivity contribution is 7.89. The van der Waals surface area contributed by atoms with Gasteiger partial charge in [0.05, 0.1) is 5.69 Å². The number of nitrogens with zero attached hydrogens (tertiary/aromatic N) is 2. The Kier molecular flexibility index (Phi) is 4.47. The van der Waals surface area contributed by atoms with E-state index in [-0.39, 0.29) is 22.4 Å². The summed E-state index contributed by atoms with van der Waals surface area (Å²) in [5.74, 6) is 0. The SMILES string of the molecule is CC(C)NS(=O)(=O)c1cn(C(C)C)nc1C(C)(C)C. The molecule has 0 amide bonds. The van der Waals surface area contributed by atoms with Crippen molar-refractivity contribution in [3.63, 3.8) is 0 Å². The summed E-state index contributed by atoms with van der Waals surface area (Å²) in [6.45, 7) is 13.5. The minimum atomic E-state index is -3.52. The minimum absolute atomic E-state index is 0.129. The summed E-state index contributed by atoms with van der Waals surface area (Å²) >= 11 is 0. The van der Waals surface area contributed by atoms with Crippen LogP contribution in [0.25, 0.3) is 0 Å². The van der Waals surface area contributed by atoms with Gasteiger partial charge in [-0.05, 0) is 27.7 Å². The molecule has 0 aliphatic carbocycles. The zero-order valence-electron chi connectivity index (χ0n) is 12.9. The average Bonchev–Trinajstić information content (AvgIpc) is 2.58. The van der Waals surface area contributed by atoms with Crippen molar-refractivity contribution in [3.8, 4) is 0 Å². The third-order valence-corrected chi connectivity index (χ3v) is 4.28. The summed E-state index contributed by atoms with van der Waals surface area (Å²) in [6, 6.07) is -0.00989. The third-order valence-electron chi connectivity index (χ3n) is 2.62. The molecule has 5 nitrogen and oxygen atoms in total. The van der Waals surface area contributed by atoms with Crippen molar-refractivity contribution in [1.82, 2.24) is 14.5 Å². The molecule has 1 N–H and O–H groups in total. The lowest BCUT2D eigenvalue weighted by Gasteiger charge is -2.18. The van der Waals surface area contributed by atoms with Gasteiger partial charge in [-0.25, -0.2) is 13.1 Å². The molecule has 1 heterocycles. The molecule has 0 aromatic carbocycles. The third kappa shape index (κ3) is 3.79. The lowest BCUT2D eigenvalue weighted by atomic mass is 9.92. The van der Waals surface area contributed by atoms with Gasteiger partial charge in [0.2, 0.25) is 10.0 Å². The smallest absolute Gasteiger partial charge is 0.244 e. The Balaban J connectivity index is 3.41. The summed E-state index contributed by atoms with van der Waals surface area (Å²) in [5.41, 5.74) is 0.288. The van der Waals surface area contributed by atoms with Crippen LogP contribution in [0.4, 0.5) is 0 Å². The fourth-order valence-electron chi connectivity index (χ4n) is 1.73. The predicted octanol–water partition coefficient (Wildman–Crippen LogP) is 2.45. The lowest BCUT2D eigenvalue weighted by Crippen LogP contribution is -2.31. The molecule has 0 atom stereocenters. The molecule has 0 aliphatic rings.